The van der Waals surface area contributed by atoms with E-state index in [4.69, 9.17) is 0 Å². The molecule has 86 valence electrons. The van der Waals surface area contributed by atoms with Crippen LogP contribution >= 0.6 is 0 Å². The van der Waals surface area contributed by atoms with E-state index >= 15 is 0 Å². The number of aromatic nitrogens is 2. The van der Waals surface area contributed by atoms with E-state index in [9.17, 15) is 14.9 Å². The molecular weight excluding hydrogens is 222 g/mol. The Bertz CT molecular complexity index is 548. The number of imidazole rings is 1. The van der Waals surface area contributed by atoms with E-state index in [0.29, 0.717) is 12.8 Å². The molecule has 0 saturated heterocycles. The van der Waals surface area contributed by atoms with Crippen molar-refractivity contribution in [1.82, 2.24) is 9.55 Å². The average molecular weight is 231 g/mol. The van der Waals surface area contributed by atoms with Gasteiger partial charge in [0.15, 0.2) is 18.3 Å². The molecule has 0 fully saturated rings. The Morgan fingerprint density at radius 2 is 2.06 bits per heavy atom. The third-order valence-corrected chi connectivity index (χ3v) is 2.32. The summed E-state index contributed by atoms with van der Waals surface area (Å²) in [6, 6.07) is 9.26. The summed E-state index contributed by atoms with van der Waals surface area (Å²) in [5.41, 5.74) is 0.761. The topological polar surface area (TPSA) is 78.0 Å². The molecule has 0 radical (unpaired) electrons. The average Bonchev–Trinajstić information content (AvgIpc) is 2.73. The van der Waals surface area contributed by atoms with Crippen molar-refractivity contribution in [2.24, 2.45) is 0 Å². The van der Waals surface area contributed by atoms with Crippen LogP contribution in [0, 0.1) is 10.1 Å². The van der Waals surface area contributed by atoms with Crippen LogP contribution in [0.1, 0.15) is 16.1 Å². The molecule has 1 aromatic carbocycles. The summed E-state index contributed by atoms with van der Waals surface area (Å²) in [6.45, 7) is 0.317. The molecule has 0 N–H and O–H groups in total. The van der Waals surface area contributed by atoms with Gasteiger partial charge in [-0.2, -0.15) is 0 Å². The molecule has 1 heterocycles. The van der Waals surface area contributed by atoms with Gasteiger partial charge in [-0.1, -0.05) is 30.3 Å². The molecule has 0 aliphatic rings. The van der Waals surface area contributed by atoms with Gasteiger partial charge in [0, 0.05) is 0 Å². The Kier molecular flexibility index (Phi) is 2.95. The molecule has 0 bridgehead atoms. The van der Waals surface area contributed by atoms with Gasteiger partial charge in [0.1, 0.15) is 6.54 Å². The van der Waals surface area contributed by atoms with Crippen LogP contribution in [-0.4, -0.2) is 20.8 Å². The van der Waals surface area contributed by atoms with Crippen LogP contribution in [0.5, 0.6) is 0 Å². The van der Waals surface area contributed by atoms with Gasteiger partial charge in [0.05, 0.1) is 0 Å². The molecule has 17 heavy (non-hydrogen) atoms. The molecule has 0 aliphatic heterocycles. The molecule has 0 unspecified atom stereocenters. The molecule has 0 saturated carbocycles. The number of nitro groups is 1. The third kappa shape index (κ3) is 2.20. The second-order valence-corrected chi connectivity index (χ2v) is 3.44. The smallest absolute Gasteiger partial charge is 0.353 e. The monoisotopic (exact) mass is 231 g/mol. The van der Waals surface area contributed by atoms with Gasteiger partial charge >= 0.3 is 5.82 Å². The standard InChI is InChI=1S/C11H9N3O3/c15-7-10-11(14(16)17)13(8-12-10)6-9-4-2-1-3-5-9/h1-5,7-8H,6H2. The zero-order chi connectivity index (χ0) is 12.3. The van der Waals surface area contributed by atoms with Gasteiger partial charge in [-0.25, -0.2) is 9.55 Å². The first-order chi connectivity index (χ1) is 8.22. The van der Waals surface area contributed by atoms with Crippen LogP contribution in [0.25, 0.3) is 0 Å². The van der Waals surface area contributed by atoms with Crippen molar-refractivity contribution in [3.63, 3.8) is 0 Å². The number of carbonyl (C=O) groups is 1. The number of benzene rings is 1. The van der Waals surface area contributed by atoms with E-state index in [2.05, 4.69) is 4.98 Å². The van der Waals surface area contributed by atoms with Crippen molar-refractivity contribution < 1.29 is 9.72 Å². The minimum absolute atomic E-state index is 0.147. The highest BCUT2D eigenvalue weighted by Crippen LogP contribution is 2.17. The van der Waals surface area contributed by atoms with Crippen LogP contribution in [0.4, 0.5) is 5.82 Å². The maximum Gasteiger partial charge on any atom is 0.353 e. The van der Waals surface area contributed by atoms with Crippen molar-refractivity contribution >= 4 is 12.1 Å². The summed E-state index contributed by atoms with van der Waals surface area (Å²) >= 11 is 0. The second-order valence-electron chi connectivity index (χ2n) is 3.44. The van der Waals surface area contributed by atoms with Gasteiger partial charge in [0.2, 0.25) is 0 Å². The molecule has 0 aliphatic carbocycles. The lowest BCUT2D eigenvalue weighted by molar-refractivity contribution is -0.392. The summed E-state index contributed by atoms with van der Waals surface area (Å²) in [7, 11) is 0. The first-order valence-corrected chi connectivity index (χ1v) is 4.91. The zero-order valence-corrected chi connectivity index (χ0v) is 8.81. The largest absolute Gasteiger partial charge is 0.358 e. The highest BCUT2D eigenvalue weighted by Gasteiger charge is 2.21. The second kappa shape index (κ2) is 4.56. The van der Waals surface area contributed by atoms with E-state index in [-0.39, 0.29) is 11.5 Å². The number of rotatable bonds is 4. The van der Waals surface area contributed by atoms with Gasteiger partial charge in [-0.15, -0.1) is 0 Å². The van der Waals surface area contributed by atoms with Crippen LogP contribution in [0.3, 0.4) is 0 Å². The van der Waals surface area contributed by atoms with Gasteiger partial charge < -0.3 is 10.1 Å². The number of hydrogen-bond acceptors (Lipinski definition) is 4. The van der Waals surface area contributed by atoms with Crippen molar-refractivity contribution in [2.45, 2.75) is 6.54 Å². The van der Waals surface area contributed by atoms with Crippen LogP contribution in [-0.2, 0) is 6.54 Å². The molecule has 2 aromatic rings. The number of nitrogens with zero attached hydrogens (tertiary/aromatic N) is 3. The lowest BCUT2D eigenvalue weighted by atomic mass is 10.2. The van der Waals surface area contributed by atoms with E-state index < -0.39 is 4.92 Å². The van der Waals surface area contributed by atoms with Gasteiger partial charge in [0.25, 0.3) is 0 Å². The summed E-state index contributed by atoms with van der Waals surface area (Å²) in [5.74, 6) is -0.274. The highest BCUT2D eigenvalue weighted by molar-refractivity contribution is 5.77. The van der Waals surface area contributed by atoms with Crippen LogP contribution in [0.2, 0.25) is 0 Å². The molecule has 0 spiro atoms. The summed E-state index contributed by atoms with van der Waals surface area (Å²) in [4.78, 5) is 24.6. The Morgan fingerprint density at radius 3 is 2.65 bits per heavy atom. The van der Waals surface area contributed by atoms with Crippen LogP contribution < -0.4 is 0 Å². The minimum atomic E-state index is -0.598. The van der Waals surface area contributed by atoms with Crippen molar-refractivity contribution in [2.75, 3.05) is 0 Å². The predicted octanol–water partition coefficient (Wildman–Crippen LogP) is 1.65. The minimum Gasteiger partial charge on any atom is -0.358 e. The Morgan fingerprint density at radius 1 is 1.35 bits per heavy atom. The van der Waals surface area contributed by atoms with E-state index in [1.54, 1.807) is 0 Å². The molecule has 0 amide bonds. The fraction of sp³-hybridized carbons (Fsp3) is 0.0909. The quantitative estimate of drug-likeness (QED) is 0.455. The van der Waals surface area contributed by atoms with Crippen molar-refractivity contribution in [3.05, 3.63) is 58.0 Å². The van der Waals surface area contributed by atoms with E-state index in [1.165, 1.54) is 10.9 Å². The summed E-state index contributed by atoms with van der Waals surface area (Å²) in [6.07, 6.45) is 1.69. The summed E-state index contributed by atoms with van der Waals surface area (Å²) < 4.78 is 1.35. The van der Waals surface area contributed by atoms with E-state index in [1.807, 2.05) is 30.3 Å². The molecule has 6 heteroatoms. The van der Waals surface area contributed by atoms with Crippen LogP contribution in [0.15, 0.2) is 36.7 Å². The lowest BCUT2D eigenvalue weighted by Gasteiger charge is -2.01. The fourth-order valence-electron chi connectivity index (χ4n) is 1.57. The van der Waals surface area contributed by atoms with Gasteiger partial charge in [-0.05, 0) is 10.5 Å². The molecular formula is C11H9N3O3. The normalized spacial score (nSPS) is 10.1. The Labute approximate surface area is 96.7 Å². The molecule has 0 atom stereocenters. The summed E-state index contributed by atoms with van der Waals surface area (Å²) in [5, 5.41) is 10.8. The van der Waals surface area contributed by atoms with Gasteiger partial charge in [-0.3, -0.25) is 4.79 Å². The Hall–Kier alpha value is -2.50. The first kappa shape index (κ1) is 11.0. The number of carbonyl (C=O) groups excluding carboxylic acids is 1. The third-order valence-electron chi connectivity index (χ3n) is 2.32. The molecule has 6 nitrogen and oxygen atoms in total. The SMILES string of the molecule is O=Cc1ncn(Cc2ccccc2)c1[N+](=O)[O-]. The maximum absolute atomic E-state index is 10.8. The zero-order valence-electron chi connectivity index (χ0n) is 8.81. The number of hydrogen-bond donors (Lipinski definition) is 0. The van der Waals surface area contributed by atoms with Crippen molar-refractivity contribution in [3.8, 4) is 0 Å². The fourth-order valence-corrected chi connectivity index (χ4v) is 1.57. The number of aldehydes is 1. The Balaban J connectivity index is 2.37. The van der Waals surface area contributed by atoms with E-state index in [0.717, 1.165) is 5.56 Å². The predicted molar refractivity (Wildman–Crippen MR) is 59.8 cm³/mol. The molecule has 2 rings (SSSR count). The highest BCUT2D eigenvalue weighted by atomic mass is 16.6. The lowest BCUT2D eigenvalue weighted by Crippen LogP contribution is -2.04. The maximum atomic E-state index is 10.8. The van der Waals surface area contributed by atoms with Crippen molar-refractivity contribution in [1.29, 1.82) is 0 Å². The first-order valence-electron chi connectivity index (χ1n) is 4.91. The molecule has 1 aromatic heterocycles.